The number of ketones is 2. The number of unbranched alkanes of at least 4 members (excludes halogenated alkanes) is 10. The average Bonchev–Trinajstić information content (AvgIpc) is 2.82. The second-order valence-corrected chi connectivity index (χ2v) is 10.5. The van der Waals surface area contributed by atoms with Crippen LogP contribution in [0.25, 0.3) is 0 Å². The molecule has 0 aromatic carbocycles. The van der Waals surface area contributed by atoms with Gasteiger partial charge in [0.2, 0.25) is 0 Å². The molecule has 0 unspecified atom stereocenters. The van der Waals surface area contributed by atoms with Crippen molar-refractivity contribution in [2.75, 3.05) is 26.2 Å². The Kier molecular flexibility index (Phi) is 15.6. The van der Waals surface area contributed by atoms with Crippen molar-refractivity contribution >= 4 is 11.6 Å². The van der Waals surface area contributed by atoms with E-state index in [2.05, 4.69) is 20.8 Å². The highest BCUT2D eigenvalue weighted by Crippen LogP contribution is 2.23. The summed E-state index contributed by atoms with van der Waals surface area (Å²) in [4.78, 5) is 24.3. The van der Waals surface area contributed by atoms with Gasteiger partial charge in [0.15, 0.2) is 11.6 Å². The third-order valence-electron chi connectivity index (χ3n) is 7.66. The summed E-state index contributed by atoms with van der Waals surface area (Å²) in [6, 6.07) is 0. The van der Waals surface area contributed by atoms with Crippen LogP contribution in [0.3, 0.4) is 0 Å². The smallest absolute Gasteiger partial charge is 0.185 e. The van der Waals surface area contributed by atoms with Crippen molar-refractivity contribution in [3.63, 3.8) is 0 Å². The average molecular weight is 461 g/mol. The zero-order valence-electron chi connectivity index (χ0n) is 22.8. The maximum Gasteiger partial charge on any atom is 0.185 e. The molecule has 0 saturated heterocycles. The summed E-state index contributed by atoms with van der Waals surface area (Å²) in [5.41, 5.74) is 1.97. The van der Waals surface area contributed by atoms with Crippen LogP contribution >= 0.6 is 0 Å². The highest BCUT2D eigenvalue weighted by Gasteiger charge is 2.25. The number of hydrogen-bond acceptors (Lipinski definition) is 2. The summed E-state index contributed by atoms with van der Waals surface area (Å²) in [5.74, 6) is 0.0993. The molecule has 3 heteroatoms. The van der Waals surface area contributed by atoms with Crippen LogP contribution in [-0.4, -0.2) is 42.2 Å². The molecule has 1 aliphatic rings. The molecule has 0 bridgehead atoms. The molecule has 0 radical (unpaired) electrons. The second kappa shape index (κ2) is 17.2. The molecule has 0 atom stereocenters. The molecule has 0 fully saturated rings. The Labute approximate surface area is 205 Å². The Morgan fingerprint density at radius 2 is 1.00 bits per heavy atom. The molecule has 3 nitrogen and oxygen atoms in total. The standard InChI is InChI=1S/C30H54NO2/c1-6-9-21-31(22-10-7-2,23-11-8-3)24-19-17-15-13-12-14-16-18-20-28-25-29(32)26(4)27(5)30(28)33/h25H,6-24H2,1-5H3/q+1. The van der Waals surface area contributed by atoms with Crippen molar-refractivity contribution < 1.29 is 14.1 Å². The highest BCUT2D eigenvalue weighted by molar-refractivity contribution is 6.22. The minimum absolute atomic E-state index is 0.0174. The van der Waals surface area contributed by atoms with Crippen LogP contribution < -0.4 is 0 Å². The molecular formula is C30H54NO2+. The van der Waals surface area contributed by atoms with E-state index >= 15 is 0 Å². The maximum absolute atomic E-state index is 12.3. The summed E-state index contributed by atoms with van der Waals surface area (Å²) in [6.45, 7) is 16.1. The minimum atomic E-state index is 0.0174. The zero-order chi connectivity index (χ0) is 24.5. The Balaban J connectivity index is 2.22. The fourth-order valence-electron chi connectivity index (χ4n) is 5.09. The number of quaternary nitrogens is 1. The number of Topliss-reactive ketones (excluding diaryl/α,β-unsaturated/α-hetero) is 1. The summed E-state index contributed by atoms with van der Waals surface area (Å²) in [5, 5.41) is 0. The van der Waals surface area contributed by atoms with E-state index in [0.717, 1.165) is 24.8 Å². The van der Waals surface area contributed by atoms with Crippen LogP contribution in [0.1, 0.15) is 131 Å². The maximum atomic E-state index is 12.3. The number of carbonyl (C=O) groups excluding carboxylic acids is 2. The largest absolute Gasteiger partial charge is 0.324 e. The summed E-state index contributed by atoms with van der Waals surface area (Å²) < 4.78 is 1.38. The predicted molar refractivity (Wildman–Crippen MR) is 142 cm³/mol. The Morgan fingerprint density at radius 1 is 0.576 bits per heavy atom. The molecule has 1 aliphatic carbocycles. The summed E-state index contributed by atoms with van der Waals surface area (Å²) >= 11 is 0. The van der Waals surface area contributed by atoms with E-state index in [1.165, 1.54) is 108 Å². The Bertz CT molecular complexity index is 622. The third kappa shape index (κ3) is 11.2. The van der Waals surface area contributed by atoms with E-state index in [1.54, 1.807) is 19.9 Å². The van der Waals surface area contributed by atoms with Crippen molar-refractivity contribution in [1.82, 2.24) is 0 Å². The van der Waals surface area contributed by atoms with Gasteiger partial charge in [-0.3, -0.25) is 9.59 Å². The summed E-state index contributed by atoms with van der Waals surface area (Å²) in [6.07, 6.45) is 20.6. The third-order valence-corrected chi connectivity index (χ3v) is 7.66. The van der Waals surface area contributed by atoms with E-state index in [1.807, 2.05) is 0 Å². The van der Waals surface area contributed by atoms with Crippen molar-refractivity contribution in [2.24, 2.45) is 0 Å². The monoisotopic (exact) mass is 460 g/mol. The Hall–Kier alpha value is -1.22. The first-order chi connectivity index (χ1) is 15.9. The lowest BCUT2D eigenvalue weighted by Gasteiger charge is -2.39. The van der Waals surface area contributed by atoms with E-state index in [9.17, 15) is 9.59 Å². The van der Waals surface area contributed by atoms with Gasteiger partial charge in [0.1, 0.15) is 0 Å². The van der Waals surface area contributed by atoms with Crippen molar-refractivity contribution in [3.05, 3.63) is 22.8 Å². The number of carbonyl (C=O) groups is 2. The number of hydrogen-bond donors (Lipinski definition) is 0. The van der Waals surface area contributed by atoms with Gasteiger partial charge in [-0.1, -0.05) is 72.1 Å². The topological polar surface area (TPSA) is 34.1 Å². The molecule has 0 aromatic rings. The zero-order valence-corrected chi connectivity index (χ0v) is 22.8. The number of allylic oxidation sites excluding steroid dienone is 4. The van der Waals surface area contributed by atoms with Gasteiger partial charge in [0, 0.05) is 16.7 Å². The van der Waals surface area contributed by atoms with Crippen molar-refractivity contribution in [1.29, 1.82) is 0 Å². The molecule has 0 spiro atoms. The number of rotatable bonds is 20. The lowest BCUT2D eigenvalue weighted by molar-refractivity contribution is -0.929. The van der Waals surface area contributed by atoms with Crippen molar-refractivity contribution in [2.45, 2.75) is 131 Å². The van der Waals surface area contributed by atoms with Gasteiger partial charge in [-0.2, -0.15) is 0 Å². The minimum Gasteiger partial charge on any atom is -0.324 e. The van der Waals surface area contributed by atoms with E-state index in [-0.39, 0.29) is 11.6 Å². The van der Waals surface area contributed by atoms with Gasteiger partial charge in [-0.25, -0.2) is 0 Å². The van der Waals surface area contributed by atoms with Gasteiger partial charge < -0.3 is 4.48 Å². The molecule has 0 N–H and O–H groups in total. The normalized spacial score (nSPS) is 14.9. The summed E-state index contributed by atoms with van der Waals surface area (Å²) in [7, 11) is 0. The first-order valence-corrected chi connectivity index (χ1v) is 14.2. The fourth-order valence-corrected chi connectivity index (χ4v) is 5.09. The molecule has 0 aromatic heterocycles. The van der Waals surface area contributed by atoms with E-state index in [0.29, 0.717) is 11.1 Å². The van der Waals surface area contributed by atoms with Gasteiger partial charge in [-0.05, 0) is 64.9 Å². The molecule has 0 saturated carbocycles. The molecule has 0 amide bonds. The molecule has 0 heterocycles. The van der Waals surface area contributed by atoms with E-state index < -0.39 is 0 Å². The molecule has 190 valence electrons. The lowest BCUT2D eigenvalue weighted by Crippen LogP contribution is -2.50. The molecule has 0 aliphatic heterocycles. The van der Waals surface area contributed by atoms with Gasteiger partial charge in [-0.15, -0.1) is 0 Å². The van der Waals surface area contributed by atoms with Crippen LogP contribution in [0.2, 0.25) is 0 Å². The second-order valence-electron chi connectivity index (χ2n) is 10.5. The lowest BCUT2D eigenvalue weighted by atomic mass is 9.88. The van der Waals surface area contributed by atoms with Crippen LogP contribution in [0.5, 0.6) is 0 Å². The molecule has 1 rings (SSSR count). The molecule has 33 heavy (non-hydrogen) atoms. The van der Waals surface area contributed by atoms with Gasteiger partial charge in [0.25, 0.3) is 0 Å². The van der Waals surface area contributed by atoms with Crippen LogP contribution in [0.4, 0.5) is 0 Å². The van der Waals surface area contributed by atoms with Crippen LogP contribution in [0, 0.1) is 0 Å². The number of nitrogens with zero attached hydrogens (tertiary/aromatic N) is 1. The van der Waals surface area contributed by atoms with Crippen molar-refractivity contribution in [3.8, 4) is 0 Å². The van der Waals surface area contributed by atoms with Crippen LogP contribution in [0.15, 0.2) is 22.8 Å². The van der Waals surface area contributed by atoms with E-state index in [4.69, 9.17) is 0 Å². The predicted octanol–water partition coefficient (Wildman–Crippen LogP) is 8.13. The van der Waals surface area contributed by atoms with Gasteiger partial charge in [0.05, 0.1) is 26.2 Å². The first-order valence-electron chi connectivity index (χ1n) is 14.2. The highest BCUT2D eigenvalue weighted by atomic mass is 16.1. The van der Waals surface area contributed by atoms with Gasteiger partial charge >= 0.3 is 0 Å². The SMILES string of the molecule is CCCC[N+](CCCC)(CCCC)CCCCCCCCCCC1=CC(=O)C(C)=C(C)C1=O. The first kappa shape index (κ1) is 29.8. The Morgan fingerprint density at radius 3 is 1.48 bits per heavy atom. The van der Waals surface area contributed by atoms with Crippen LogP contribution in [-0.2, 0) is 9.59 Å². The quantitative estimate of drug-likeness (QED) is 0.104. The fraction of sp³-hybridized carbons (Fsp3) is 0.800. The molecular weight excluding hydrogens is 406 g/mol.